The van der Waals surface area contributed by atoms with E-state index in [0.717, 1.165) is 16.6 Å². The van der Waals surface area contributed by atoms with Crippen molar-refractivity contribution in [3.05, 3.63) is 35.9 Å². The maximum absolute atomic E-state index is 3.94. The molecule has 4 heteroatoms. The molecule has 0 saturated heterocycles. The maximum atomic E-state index is 3.94. The van der Waals surface area contributed by atoms with E-state index in [1.54, 1.807) is 4.52 Å². The SMILES string of the molecule is Cc1ccc2ccc3nnnn3c2c1. The molecule has 14 heavy (non-hydrogen) atoms. The molecule has 0 spiro atoms. The van der Waals surface area contributed by atoms with Gasteiger partial charge in [0.15, 0.2) is 5.65 Å². The van der Waals surface area contributed by atoms with E-state index in [-0.39, 0.29) is 0 Å². The van der Waals surface area contributed by atoms with E-state index in [2.05, 4.69) is 40.6 Å². The van der Waals surface area contributed by atoms with Crippen LogP contribution in [0.4, 0.5) is 0 Å². The van der Waals surface area contributed by atoms with Crippen molar-refractivity contribution in [3.63, 3.8) is 0 Å². The van der Waals surface area contributed by atoms with Gasteiger partial charge in [-0.2, -0.15) is 4.52 Å². The Morgan fingerprint density at radius 2 is 2.00 bits per heavy atom. The molecule has 0 N–H and O–H groups in total. The normalized spacial score (nSPS) is 11.2. The van der Waals surface area contributed by atoms with E-state index in [1.165, 1.54) is 5.56 Å². The van der Waals surface area contributed by atoms with Crippen molar-refractivity contribution in [1.29, 1.82) is 0 Å². The fraction of sp³-hybridized carbons (Fsp3) is 0.100. The molecule has 0 bridgehead atoms. The van der Waals surface area contributed by atoms with Gasteiger partial charge in [-0.1, -0.05) is 12.1 Å². The zero-order valence-corrected chi connectivity index (χ0v) is 7.68. The summed E-state index contributed by atoms with van der Waals surface area (Å²) in [6.45, 7) is 2.06. The third kappa shape index (κ3) is 0.907. The van der Waals surface area contributed by atoms with Gasteiger partial charge in [-0.15, -0.1) is 5.10 Å². The molecule has 0 unspecified atom stereocenters. The van der Waals surface area contributed by atoms with Gasteiger partial charge < -0.3 is 0 Å². The molecule has 0 aliphatic carbocycles. The van der Waals surface area contributed by atoms with Crippen molar-refractivity contribution >= 4 is 16.6 Å². The molecule has 3 aromatic rings. The summed E-state index contributed by atoms with van der Waals surface area (Å²) in [7, 11) is 0. The van der Waals surface area contributed by atoms with Crippen LogP contribution in [0.15, 0.2) is 30.3 Å². The number of tetrazole rings is 1. The van der Waals surface area contributed by atoms with Crippen LogP contribution in [0.5, 0.6) is 0 Å². The van der Waals surface area contributed by atoms with Gasteiger partial charge in [0, 0.05) is 5.39 Å². The van der Waals surface area contributed by atoms with Crippen molar-refractivity contribution < 1.29 is 0 Å². The Bertz CT molecular complexity index is 612. The third-order valence-electron chi connectivity index (χ3n) is 2.32. The third-order valence-corrected chi connectivity index (χ3v) is 2.32. The second-order valence-corrected chi connectivity index (χ2v) is 3.34. The highest BCUT2D eigenvalue weighted by Crippen LogP contribution is 2.15. The molecule has 2 heterocycles. The number of hydrogen-bond donors (Lipinski definition) is 0. The molecule has 0 radical (unpaired) electrons. The summed E-state index contributed by atoms with van der Waals surface area (Å²) in [5, 5.41) is 12.6. The van der Waals surface area contributed by atoms with Gasteiger partial charge in [0.25, 0.3) is 0 Å². The first-order valence-electron chi connectivity index (χ1n) is 4.42. The topological polar surface area (TPSA) is 43.1 Å². The molecule has 0 amide bonds. The highest BCUT2D eigenvalue weighted by atomic mass is 15.5. The molecule has 0 fully saturated rings. The molecule has 1 aromatic carbocycles. The first-order valence-corrected chi connectivity index (χ1v) is 4.42. The molecular weight excluding hydrogens is 176 g/mol. The molecule has 2 aromatic heterocycles. The van der Waals surface area contributed by atoms with Crippen LogP contribution >= 0.6 is 0 Å². The van der Waals surface area contributed by atoms with Crippen LogP contribution in [0.2, 0.25) is 0 Å². The fourth-order valence-electron chi connectivity index (χ4n) is 1.61. The summed E-state index contributed by atoms with van der Waals surface area (Å²) >= 11 is 0. The number of rotatable bonds is 0. The van der Waals surface area contributed by atoms with Gasteiger partial charge in [0.1, 0.15) is 0 Å². The van der Waals surface area contributed by atoms with Crippen molar-refractivity contribution in [2.75, 3.05) is 0 Å². The average Bonchev–Trinajstić information content (AvgIpc) is 2.65. The fourth-order valence-corrected chi connectivity index (χ4v) is 1.61. The quantitative estimate of drug-likeness (QED) is 0.532. The Labute approximate surface area is 80.2 Å². The minimum absolute atomic E-state index is 0.781. The van der Waals surface area contributed by atoms with Crippen LogP contribution in [0.3, 0.4) is 0 Å². The Balaban J connectivity index is 2.60. The van der Waals surface area contributed by atoms with Gasteiger partial charge in [-0.25, -0.2) is 0 Å². The van der Waals surface area contributed by atoms with Crippen LogP contribution in [0, 0.1) is 6.92 Å². The van der Waals surface area contributed by atoms with Crippen molar-refractivity contribution in [2.24, 2.45) is 0 Å². The summed E-state index contributed by atoms with van der Waals surface area (Å²) in [6, 6.07) is 10.2. The van der Waals surface area contributed by atoms with Gasteiger partial charge >= 0.3 is 0 Å². The van der Waals surface area contributed by atoms with Crippen molar-refractivity contribution in [2.45, 2.75) is 6.92 Å². The molecule has 68 valence electrons. The van der Waals surface area contributed by atoms with E-state index >= 15 is 0 Å². The molecule has 0 saturated carbocycles. The Hall–Kier alpha value is -1.97. The molecule has 0 aliphatic rings. The highest BCUT2D eigenvalue weighted by Gasteiger charge is 2.01. The zero-order chi connectivity index (χ0) is 9.54. The number of aromatic nitrogens is 4. The summed E-state index contributed by atoms with van der Waals surface area (Å²) in [5.41, 5.74) is 3.04. The van der Waals surface area contributed by atoms with Crippen molar-refractivity contribution in [1.82, 2.24) is 20.0 Å². The summed E-state index contributed by atoms with van der Waals surface area (Å²) in [6.07, 6.45) is 0. The van der Waals surface area contributed by atoms with Crippen LogP contribution in [0.1, 0.15) is 5.56 Å². The highest BCUT2D eigenvalue weighted by molar-refractivity contribution is 5.81. The molecule has 0 atom stereocenters. The standard InChI is InChI=1S/C10H8N4/c1-7-2-3-8-4-5-10-11-12-13-14(10)9(8)6-7/h2-6H,1H3. The molecule has 4 nitrogen and oxygen atoms in total. The first-order chi connectivity index (χ1) is 6.84. The lowest BCUT2D eigenvalue weighted by molar-refractivity contribution is 0.841. The zero-order valence-electron chi connectivity index (χ0n) is 7.68. The lowest BCUT2D eigenvalue weighted by Crippen LogP contribution is -1.90. The largest absolute Gasteiger partial charge is 0.193 e. The van der Waals surface area contributed by atoms with E-state index in [1.807, 2.05) is 12.1 Å². The van der Waals surface area contributed by atoms with Gasteiger partial charge in [0.05, 0.1) is 5.52 Å². The lowest BCUT2D eigenvalue weighted by atomic mass is 10.1. The summed E-state index contributed by atoms with van der Waals surface area (Å²) in [4.78, 5) is 0. The smallest absolute Gasteiger partial charge is 0.179 e. The molecule has 3 rings (SSSR count). The number of pyridine rings is 1. The maximum Gasteiger partial charge on any atom is 0.179 e. The van der Waals surface area contributed by atoms with Crippen LogP contribution in [-0.4, -0.2) is 20.0 Å². The summed E-state index contributed by atoms with van der Waals surface area (Å²) in [5.74, 6) is 0. The van der Waals surface area contributed by atoms with E-state index in [0.29, 0.717) is 0 Å². The number of aryl methyl sites for hydroxylation is 1. The van der Waals surface area contributed by atoms with E-state index in [9.17, 15) is 0 Å². The van der Waals surface area contributed by atoms with Gasteiger partial charge in [0.2, 0.25) is 0 Å². The van der Waals surface area contributed by atoms with E-state index < -0.39 is 0 Å². The number of benzene rings is 1. The number of hydrogen-bond acceptors (Lipinski definition) is 3. The van der Waals surface area contributed by atoms with Crippen LogP contribution < -0.4 is 0 Å². The second-order valence-electron chi connectivity index (χ2n) is 3.34. The monoisotopic (exact) mass is 184 g/mol. The van der Waals surface area contributed by atoms with E-state index in [4.69, 9.17) is 0 Å². The number of nitrogens with zero attached hydrogens (tertiary/aromatic N) is 4. The second kappa shape index (κ2) is 2.51. The minimum Gasteiger partial charge on any atom is -0.193 e. The summed E-state index contributed by atoms with van der Waals surface area (Å²) < 4.78 is 1.75. The van der Waals surface area contributed by atoms with Gasteiger partial charge in [-0.3, -0.25) is 0 Å². The van der Waals surface area contributed by atoms with Crippen LogP contribution in [-0.2, 0) is 0 Å². The van der Waals surface area contributed by atoms with Gasteiger partial charge in [-0.05, 0) is 41.1 Å². The Morgan fingerprint density at radius 1 is 1.14 bits per heavy atom. The number of fused-ring (bicyclic) bond motifs is 3. The predicted octanol–water partition coefficient (Wildman–Crippen LogP) is 1.59. The van der Waals surface area contributed by atoms with Crippen molar-refractivity contribution in [3.8, 4) is 0 Å². The Morgan fingerprint density at radius 3 is 2.93 bits per heavy atom. The predicted molar refractivity (Wildman–Crippen MR) is 53.0 cm³/mol. The Kier molecular flexibility index (Phi) is 1.33. The average molecular weight is 184 g/mol. The molecule has 0 aliphatic heterocycles. The lowest BCUT2D eigenvalue weighted by Gasteiger charge is -2.00. The molecular formula is C10H8N4. The van der Waals surface area contributed by atoms with Crippen LogP contribution in [0.25, 0.3) is 16.6 Å². The first kappa shape index (κ1) is 7.44. The minimum atomic E-state index is 0.781.